The van der Waals surface area contributed by atoms with Gasteiger partial charge >= 0.3 is 6.03 Å². The summed E-state index contributed by atoms with van der Waals surface area (Å²) >= 11 is 0. The normalized spacial score (nSPS) is 12.5. The molecule has 1 aromatic carbocycles. The number of amides is 2. The van der Waals surface area contributed by atoms with E-state index in [4.69, 9.17) is 0 Å². The molecule has 1 atom stereocenters. The number of likely N-dealkylation sites (N-methyl/N-ethyl adjacent to an activating group) is 1. The summed E-state index contributed by atoms with van der Waals surface area (Å²) < 4.78 is 0. The van der Waals surface area contributed by atoms with Gasteiger partial charge in [-0.25, -0.2) is 4.79 Å². The lowest BCUT2D eigenvalue weighted by Crippen LogP contribution is -2.42. The number of phenolic OH excluding ortho intramolecular Hbond substituents is 1. The van der Waals surface area contributed by atoms with E-state index in [9.17, 15) is 15.0 Å². The Morgan fingerprint density at radius 3 is 2.67 bits per heavy atom. The molecule has 0 saturated carbocycles. The van der Waals surface area contributed by atoms with Crippen molar-refractivity contribution < 1.29 is 15.0 Å². The van der Waals surface area contributed by atoms with Crippen LogP contribution >= 0.6 is 0 Å². The largest absolute Gasteiger partial charge is 0.508 e. The molecule has 1 aromatic rings. The summed E-state index contributed by atoms with van der Waals surface area (Å²) in [6.07, 6.45) is -0.846. The monoisotopic (exact) mass is 295 g/mol. The minimum absolute atomic E-state index is 0.0905. The van der Waals surface area contributed by atoms with E-state index in [-0.39, 0.29) is 18.3 Å². The van der Waals surface area contributed by atoms with Gasteiger partial charge in [-0.1, -0.05) is 12.1 Å². The topological polar surface area (TPSA) is 84.8 Å². The molecule has 6 heteroatoms. The van der Waals surface area contributed by atoms with Gasteiger partial charge < -0.3 is 25.7 Å². The van der Waals surface area contributed by atoms with E-state index in [2.05, 4.69) is 29.4 Å². The van der Waals surface area contributed by atoms with Crippen LogP contribution in [0.25, 0.3) is 0 Å². The van der Waals surface area contributed by atoms with E-state index in [0.717, 1.165) is 6.54 Å². The van der Waals surface area contributed by atoms with Crippen molar-refractivity contribution in [1.29, 1.82) is 0 Å². The highest BCUT2D eigenvalue weighted by Gasteiger charge is 2.10. The van der Waals surface area contributed by atoms with Gasteiger partial charge in [-0.3, -0.25) is 0 Å². The highest BCUT2D eigenvalue weighted by Crippen LogP contribution is 2.17. The molecule has 0 saturated heterocycles. The van der Waals surface area contributed by atoms with Crippen LogP contribution in [0.4, 0.5) is 4.79 Å². The lowest BCUT2D eigenvalue weighted by atomic mass is 10.1. The lowest BCUT2D eigenvalue weighted by Gasteiger charge is -2.21. The van der Waals surface area contributed by atoms with Gasteiger partial charge in [0.15, 0.2) is 0 Å². The standard InChI is InChI=1S/C15H25N3O3/c1-11(2)18(3)8-7-16-15(21)17-10-14(20)12-5-4-6-13(19)9-12/h4-6,9,11,14,19-20H,7-8,10H2,1-3H3,(H2,16,17,21)/t14-/m1/s1. The number of hydrogen-bond acceptors (Lipinski definition) is 4. The maximum Gasteiger partial charge on any atom is 0.314 e. The Bertz CT molecular complexity index is 452. The number of nitrogens with zero attached hydrogens (tertiary/aromatic N) is 1. The van der Waals surface area contributed by atoms with Gasteiger partial charge in [0.1, 0.15) is 5.75 Å². The summed E-state index contributed by atoms with van der Waals surface area (Å²) in [5, 5.41) is 24.6. The third-order valence-electron chi connectivity index (χ3n) is 3.34. The van der Waals surface area contributed by atoms with Gasteiger partial charge in [0.2, 0.25) is 0 Å². The van der Waals surface area contributed by atoms with Crippen molar-refractivity contribution >= 4 is 6.03 Å². The van der Waals surface area contributed by atoms with Crippen molar-refractivity contribution in [3.8, 4) is 5.75 Å². The molecule has 1 rings (SSSR count). The zero-order valence-electron chi connectivity index (χ0n) is 12.8. The molecular formula is C15H25N3O3. The first-order valence-corrected chi connectivity index (χ1v) is 7.09. The Morgan fingerprint density at radius 1 is 1.33 bits per heavy atom. The molecule has 21 heavy (non-hydrogen) atoms. The number of nitrogens with one attached hydrogen (secondary N) is 2. The Balaban J connectivity index is 2.26. The number of carbonyl (C=O) groups excluding carboxylic acids is 1. The van der Waals surface area contributed by atoms with Gasteiger partial charge in [0, 0.05) is 25.7 Å². The predicted octanol–water partition coefficient (Wildman–Crippen LogP) is 1.06. The van der Waals surface area contributed by atoms with Gasteiger partial charge in [-0.15, -0.1) is 0 Å². The number of carbonyl (C=O) groups is 1. The predicted molar refractivity (Wildman–Crippen MR) is 82.2 cm³/mol. The molecule has 0 radical (unpaired) electrons. The smallest absolute Gasteiger partial charge is 0.314 e. The summed E-state index contributed by atoms with van der Waals surface area (Å²) in [5.74, 6) is 0.0905. The van der Waals surface area contributed by atoms with E-state index in [1.807, 2.05) is 7.05 Å². The Morgan fingerprint density at radius 2 is 2.05 bits per heavy atom. The first-order valence-electron chi connectivity index (χ1n) is 7.09. The number of hydrogen-bond donors (Lipinski definition) is 4. The number of aliphatic hydroxyl groups excluding tert-OH is 1. The van der Waals surface area contributed by atoms with Crippen molar-refractivity contribution in [3.05, 3.63) is 29.8 Å². The van der Waals surface area contributed by atoms with Gasteiger partial charge in [-0.2, -0.15) is 0 Å². The van der Waals surface area contributed by atoms with E-state index in [1.54, 1.807) is 12.1 Å². The zero-order valence-corrected chi connectivity index (χ0v) is 12.8. The fourth-order valence-electron chi connectivity index (χ4n) is 1.71. The lowest BCUT2D eigenvalue weighted by molar-refractivity contribution is 0.172. The molecule has 2 amide bonds. The quantitative estimate of drug-likeness (QED) is 0.606. The summed E-state index contributed by atoms with van der Waals surface area (Å²) in [7, 11) is 2.00. The van der Waals surface area contributed by atoms with E-state index in [0.29, 0.717) is 18.2 Å². The molecule has 0 heterocycles. The minimum atomic E-state index is -0.846. The SMILES string of the molecule is CC(C)N(C)CCNC(=O)NC[C@@H](O)c1cccc(O)c1. The van der Waals surface area contributed by atoms with Crippen LogP contribution in [0, 0.1) is 0 Å². The average molecular weight is 295 g/mol. The Hall–Kier alpha value is -1.79. The van der Waals surface area contributed by atoms with Crippen LogP contribution in [0.5, 0.6) is 5.75 Å². The Labute approximate surface area is 125 Å². The Kier molecular flexibility index (Phi) is 6.98. The summed E-state index contributed by atoms with van der Waals surface area (Å²) in [4.78, 5) is 13.7. The van der Waals surface area contributed by atoms with Crippen molar-refractivity contribution in [2.24, 2.45) is 0 Å². The molecule has 118 valence electrons. The first-order chi connectivity index (χ1) is 9.90. The molecule has 0 bridgehead atoms. The molecule has 0 aliphatic rings. The van der Waals surface area contributed by atoms with Crippen molar-refractivity contribution in [3.63, 3.8) is 0 Å². The second-order valence-electron chi connectivity index (χ2n) is 5.32. The minimum Gasteiger partial charge on any atom is -0.508 e. The second-order valence-corrected chi connectivity index (χ2v) is 5.32. The molecule has 0 unspecified atom stereocenters. The molecule has 4 N–H and O–H groups in total. The van der Waals surface area contributed by atoms with Crippen LogP contribution in [0.3, 0.4) is 0 Å². The van der Waals surface area contributed by atoms with Crippen LogP contribution in [0.1, 0.15) is 25.5 Å². The second kappa shape index (κ2) is 8.49. The van der Waals surface area contributed by atoms with Gasteiger partial charge in [-0.05, 0) is 38.6 Å². The third-order valence-corrected chi connectivity index (χ3v) is 3.34. The van der Waals surface area contributed by atoms with Crippen LogP contribution in [0.2, 0.25) is 0 Å². The molecule has 0 fully saturated rings. The zero-order chi connectivity index (χ0) is 15.8. The molecular weight excluding hydrogens is 270 g/mol. The van der Waals surface area contributed by atoms with E-state index >= 15 is 0 Å². The summed E-state index contributed by atoms with van der Waals surface area (Å²) in [6, 6.07) is 6.47. The van der Waals surface area contributed by atoms with Crippen molar-refractivity contribution in [2.45, 2.75) is 26.0 Å². The van der Waals surface area contributed by atoms with Crippen LogP contribution in [0.15, 0.2) is 24.3 Å². The highest BCUT2D eigenvalue weighted by atomic mass is 16.3. The summed E-state index contributed by atoms with van der Waals surface area (Å²) in [5.41, 5.74) is 0.565. The maximum absolute atomic E-state index is 11.6. The molecule has 6 nitrogen and oxygen atoms in total. The van der Waals surface area contributed by atoms with Crippen LogP contribution in [-0.2, 0) is 0 Å². The number of phenols is 1. The van der Waals surface area contributed by atoms with Crippen LogP contribution < -0.4 is 10.6 Å². The molecule has 0 aliphatic carbocycles. The number of urea groups is 1. The summed E-state index contributed by atoms with van der Waals surface area (Å²) in [6.45, 7) is 5.58. The fraction of sp³-hybridized carbons (Fsp3) is 0.533. The fourth-order valence-corrected chi connectivity index (χ4v) is 1.71. The number of benzene rings is 1. The molecule has 0 aliphatic heterocycles. The molecule has 0 spiro atoms. The van der Waals surface area contributed by atoms with Crippen LogP contribution in [-0.4, -0.2) is 53.9 Å². The number of aromatic hydroxyl groups is 1. The third kappa shape index (κ3) is 6.46. The van der Waals surface area contributed by atoms with Gasteiger partial charge in [0.25, 0.3) is 0 Å². The first kappa shape index (κ1) is 17.3. The van der Waals surface area contributed by atoms with Crippen molar-refractivity contribution in [1.82, 2.24) is 15.5 Å². The van der Waals surface area contributed by atoms with E-state index < -0.39 is 6.10 Å². The van der Waals surface area contributed by atoms with Gasteiger partial charge in [0.05, 0.1) is 6.10 Å². The van der Waals surface area contributed by atoms with E-state index in [1.165, 1.54) is 12.1 Å². The molecule has 0 aromatic heterocycles. The van der Waals surface area contributed by atoms with Crippen molar-refractivity contribution in [2.75, 3.05) is 26.7 Å². The maximum atomic E-state index is 11.6. The average Bonchev–Trinajstić information content (AvgIpc) is 2.44. The number of rotatable bonds is 7. The number of aliphatic hydroxyl groups is 1. The highest BCUT2D eigenvalue weighted by molar-refractivity contribution is 5.73.